The first-order valence-electron chi connectivity index (χ1n) is 15.5. The molecule has 3 aromatic carbocycles. The van der Waals surface area contributed by atoms with E-state index >= 15 is 0 Å². The van der Waals surface area contributed by atoms with Crippen LogP contribution >= 0.6 is 11.6 Å². The van der Waals surface area contributed by atoms with E-state index in [0.717, 1.165) is 61.5 Å². The Labute approximate surface area is 292 Å². The van der Waals surface area contributed by atoms with Gasteiger partial charge in [0.1, 0.15) is 5.02 Å². The van der Waals surface area contributed by atoms with Gasteiger partial charge in [-0.25, -0.2) is 9.78 Å². The maximum absolute atomic E-state index is 13.0. The number of fused-ring (bicyclic) bond motifs is 6. The molecular weight excluding hydrogens is 704 g/mol. The molecule has 1 aromatic heterocycles. The Morgan fingerprint density at radius 2 is 1.57 bits per heavy atom. The minimum atomic E-state index is -5.77. The molecule has 2 aliphatic rings. The molecule has 6 bridgehead atoms. The molecule has 4 aromatic rings. The lowest BCUT2D eigenvalue weighted by atomic mass is 10.0. The normalized spacial score (nSPS) is 15.7. The molecule has 51 heavy (non-hydrogen) atoms. The number of hydrogen-bond donors (Lipinski definition) is 4. The fraction of sp³-hybridized carbons (Fsp3) is 0.265. The van der Waals surface area contributed by atoms with Gasteiger partial charge in [0.25, 0.3) is 0 Å². The molecule has 0 unspecified atom stereocenters. The number of aryl methyl sites for hydroxylation is 2. The smallest absolute Gasteiger partial charge is 0.339 e. The van der Waals surface area contributed by atoms with Crippen molar-refractivity contribution in [3.05, 3.63) is 101 Å². The number of urea groups is 1. The molecule has 3 heterocycles. The van der Waals surface area contributed by atoms with Gasteiger partial charge in [-0.05, 0) is 66.3 Å². The van der Waals surface area contributed by atoms with E-state index in [0.29, 0.717) is 16.8 Å². The van der Waals surface area contributed by atoms with E-state index in [1.165, 1.54) is 11.1 Å². The summed E-state index contributed by atoms with van der Waals surface area (Å²) in [4.78, 5) is 43.5. The summed E-state index contributed by atoms with van der Waals surface area (Å²) in [6, 6.07) is 24.4. The quantitative estimate of drug-likeness (QED) is 0.124. The first kappa shape index (κ1) is 37.0. The van der Waals surface area contributed by atoms with E-state index in [4.69, 9.17) is 11.6 Å². The maximum Gasteiger partial charge on any atom is 0.458 e. The topological polar surface area (TPSA) is 128 Å². The van der Waals surface area contributed by atoms with E-state index in [9.17, 15) is 40.7 Å². The second kappa shape index (κ2) is 15.8. The Balaban J connectivity index is 0.000000362. The highest BCUT2D eigenvalue weighted by molar-refractivity contribution is 6.41. The number of nitrogens with one attached hydrogen (secondary N) is 4. The third kappa shape index (κ3) is 10.4. The summed E-state index contributed by atoms with van der Waals surface area (Å²) in [6.07, 6.45) is -7.47. The van der Waals surface area contributed by atoms with Crippen LogP contribution in [0.25, 0.3) is 0 Å². The van der Waals surface area contributed by atoms with Crippen molar-refractivity contribution in [1.82, 2.24) is 20.2 Å². The van der Waals surface area contributed by atoms with Crippen LogP contribution in [0.5, 0.6) is 0 Å². The monoisotopic (exact) mass is 733 g/mol. The van der Waals surface area contributed by atoms with Gasteiger partial charge >= 0.3 is 30.0 Å². The lowest BCUT2D eigenvalue weighted by Gasteiger charge is -2.18. The van der Waals surface area contributed by atoms with Gasteiger partial charge in [0.15, 0.2) is 5.82 Å². The van der Waals surface area contributed by atoms with Crippen molar-refractivity contribution in [2.24, 2.45) is 0 Å². The van der Waals surface area contributed by atoms with Gasteiger partial charge in [-0.3, -0.25) is 14.5 Å². The van der Waals surface area contributed by atoms with E-state index in [2.05, 4.69) is 72.5 Å². The zero-order valence-corrected chi connectivity index (χ0v) is 27.3. The number of Topliss-reactive ketones (excluding diaryl/α,β-unsaturated/α-hetero) is 2. The fourth-order valence-electron chi connectivity index (χ4n) is 5.40. The summed E-state index contributed by atoms with van der Waals surface area (Å²) in [5.74, 6) is -5.84. The highest BCUT2D eigenvalue weighted by Crippen LogP contribution is 2.30. The molecule has 1 fully saturated rings. The predicted octanol–water partition coefficient (Wildman–Crippen LogP) is 7.36. The van der Waals surface area contributed by atoms with Gasteiger partial charge < -0.3 is 21.3 Å². The molecule has 1 atom stereocenters. The Bertz CT molecular complexity index is 1870. The largest absolute Gasteiger partial charge is 0.458 e. The van der Waals surface area contributed by atoms with Crippen LogP contribution in [0, 0.1) is 0 Å². The van der Waals surface area contributed by atoms with E-state index in [1.54, 1.807) is 6.20 Å². The summed E-state index contributed by atoms with van der Waals surface area (Å²) >= 11 is 6.39. The molecular formula is C34H30ClF6N7O3. The molecule has 0 saturated carbocycles. The van der Waals surface area contributed by atoms with Crippen LogP contribution in [0.3, 0.4) is 0 Å². The number of amides is 2. The summed E-state index contributed by atoms with van der Waals surface area (Å²) in [6.45, 7) is 2.70. The van der Waals surface area contributed by atoms with Crippen molar-refractivity contribution in [2.45, 2.75) is 44.2 Å². The van der Waals surface area contributed by atoms with Crippen molar-refractivity contribution in [1.29, 1.82) is 0 Å². The standard InChI is InChI=1S/C30H30ClN7O.C4F6O2/c31-26-17-32-29-34-23-8-4-7-20(15-23)9-10-22-16-24(33-28(26)37-29)11-12-27(22)36-30(39)35-25-13-14-38(19-25)18-21-5-2-1-3-6-21;5-3(6,7)1(11)2(12)4(8,9)10/h1-8,11-12,15-17,25H,9-10,13-14,18-19H2,(H2,35,36,39)(H2,32,33,34,37);/t25-;/m0./s1. The van der Waals surface area contributed by atoms with Gasteiger partial charge in [0, 0.05) is 42.7 Å². The summed E-state index contributed by atoms with van der Waals surface area (Å²) in [5, 5.41) is 13.3. The summed E-state index contributed by atoms with van der Waals surface area (Å²) < 4.78 is 67.0. The molecule has 10 nitrogen and oxygen atoms in total. The van der Waals surface area contributed by atoms with Crippen LogP contribution in [0.1, 0.15) is 23.1 Å². The molecule has 268 valence electrons. The number of alkyl halides is 6. The summed E-state index contributed by atoms with van der Waals surface area (Å²) in [5.41, 5.74) is 6.01. The van der Waals surface area contributed by atoms with Crippen LogP contribution in [0.2, 0.25) is 5.02 Å². The second-order valence-corrected chi connectivity index (χ2v) is 12.1. The number of nitrogens with zero attached hydrogens (tertiary/aromatic N) is 3. The van der Waals surface area contributed by atoms with Gasteiger partial charge in [-0.15, -0.1) is 0 Å². The third-order valence-electron chi connectivity index (χ3n) is 7.80. The number of carbonyl (C=O) groups is 3. The Morgan fingerprint density at radius 3 is 2.27 bits per heavy atom. The number of aromatic nitrogens is 2. The van der Waals surface area contributed by atoms with Crippen LogP contribution < -0.4 is 21.3 Å². The Kier molecular flexibility index (Phi) is 11.5. The number of halogens is 7. The van der Waals surface area contributed by atoms with Gasteiger partial charge in [0.2, 0.25) is 5.95 Å². The number of likely N-dealkylation sites (tertiary alicyclic amines) is 1. The number of carbonyl (C=O) groups excluding carboxylic acids is 3. The zero-order chi connectivity index (χ0) is 36.8. The fourth-order valence-corrected chi connectivity index (χ4v) is 5.54. The van der Waals surface area contributed by atoms with Gasteiger partial charge in [-0.2, -0.15) is 31.3 Å². The van der Waals surface area contributed by atoms with Crippen LogP contribution in [-0.2, 0) is 29.0 Å². The van der Waals surface area contributed by atoms with Crippen molar-refractivity contribution in [2.75, 3.05) is 29.0 Å². The average Bonchev–Trinajstić information content (AvgIpc) is 3.51. The number of benzene rings is 3. The average molecular weight is 734 g/mol. The molecule has 0 aliphatic carbocycles. The lowest BCUT2D eigenvalue weighted by molar-refractivity contribution is -0.193. The van der Waals surface area contributed by atoms with Gasteiger partial charge in [-0.1, -0.05) is 54.1 Å². The number of rotatable bonds is 5. The third-order valence-corrected chi connectivity index (χ3v) is 8.08. The molecule has 0 spiro atoms. The lowest BCUT2D eigenvalue weighted by Crippen LogP contribution is -2.39. The Morgan fingerprint density at radius 1 is 0.863 bits per heavy atom. The van der Waals surface area contributed by atoms with E-state index in [1.807, 2.05) is 36.4 Å². The highest BCUT2D eigenvalue weighted by atomic mass is 35.5. The van der Waals surface area contributed by atoms with Crippen molar-refractivity contribution < 1.29 is 40.7 Å². The van der Waals surface area contributed by atoms with Crippen LogP contribution in [-0.4, -0.2) is 63.9 Å². The minimum absolute atomic E-state index is 0.115. The zero-order valence-electron chi connectivity index (χ0n) is 26.5. The summed E-state index contributed by atoms with van der Waals surface area (Å²) in [7, 11) is 0. The molecule has 1 saturated heterocycles. The number of hydrogen-bond acceptors (Lipinski definition) is 8. The van der Waals surface area contributed by atoms with Crippen molar-refractivity contribution in [3.63, 3.8) is 0 Å². The predicted molar refractivity (Wildman–Crippen MR) is 178 cm³/mol. The van der Waals surface area contributed by atoms with Gasteiger partial charge in [0.05, 0.1) is 6.20 Å². The molecule has 0 radical (unpaired) electrons. The molecule has 4 N–H and O–H groups in total. The minimum Gasteiger partial charge on any atom is -0.339 e. The molecule has 6 rings (SSSR count). The molecule has 2 amide bonds. The number of anilines is 5. The van der Waals surface area contributed by atoms with E-state index in [-0.39, 0.29) is 12.1 Å². The van der Waals surface area contributed by atoms with Crippen molar-refractivity contribution in [3.8, 4) is 0 Å². The maximum atomic E-state index is 13.0. The van der Waals surface area contributed by atoms with Crippen LogP contribution in [0.4, 0.5) is 60.0 Å². The number of ketones is 2. The van der Waals surface area contributed by atoms with E-state index < -0.39 is 23.9 Å². The molecule has 17 heteroatoms. The van der Waals surface area contributed by atoms with Crippen molar-refractivity contribution >= 4 is 58.0 Å². The second-order valence-electron chi connectivity index (χ2n) is 11.7. The first-order valence-corrected chi connectivity index (χ1v) is 15.9. The molecule has 2 aliphatic heterocycles. The Hall–Kier alpha value is -5.22. The SMILES string of the molecule is O=C(C(=O)C(F)(F)F)C(F)(F)F.O=C(Nc1ccc2cc1CCc1cccc(c1)Nc1ncc(Cl)c(n1)N2)N[C@H]1CCN(Cc2ccccc2)C1. The highest BCUT2D eigenvalue weighted by Gasteiger charge is 2.54. The van der Waals surface area contributed by atoms with Crippen LogP contribution in [0.15, 0.2) is 79.0 Å². The first-order chi connectivity index (χ1) is 24.1.